The molecule has 0 bridgehead atoms. The van der Waals surface area contributed by atoms with E-state index in [1.54, 1.807) is 7.05 Å². The number of nitrogens with zero attached hydrogens (tertiary/aromatic N) is 2. The van der Waals surface area contributed by atoms with Crippen molar-refractivity contribution in [1.82, 2.24) is 15.5 Å². The van der Waals surface area contributed by atoms with E-state index in [0.717, 1.165) is 31.4 Å². The minimum Gasteiger partial charge on any atom is -0.355 e. The topological polar surface area (TPSA) is 73.8 Å². The quantitative estimate of drug-likeness (QED) is 0.530. The zero-order chi connectivity index (χ0) is 16.6. The van der Waals surface area contributed by atoms with Gasteiger partial charge < -0.3 is 10.6 Å². The Labute approximate surface area is 135 Å². The van der Waals surface area contributed by atoms with E-state index >= 15 is 0 Å². The molecule has 2 N–H and O–H groups in total. The highest BCUT2D eigenvalue weighted by atomic mass is 32.2. The van der Waals surface area contributed by atoms with Crippen LogP contribution >= 0.6 is 0 Å². The first-order valence-corrected chi connectivity index (χ1v) is 10.0. The minimum absolute atomic E-state index is 0.284. The number of rotatable bonds is 7. The van der Waals surface area contributed by atoms with E-state index in [-0.39, 0.29) is 11.5 Å². The molecule has 1 heterocycles. The van der Waals surface area contributed by atoms with Gasteiger partial charge in [-0.15, -0.1) is 0 Å². The van der Waals surface area contributed by atoms with Crippen molar-refractivity contribution in [2.45, 2.75) is 39.7 Å². The van der Waals surface area contributed by atoms with Crippen molar-refractivity contribution in [1.29, 1.82) is 0 Å². The average Bonchev–Trinajstić information content (AvgIpc) is 2.45. The van der Waals surface area contributed by atoms with Gasteiger partial charge in [-0.1, -0.05) is 13.8 Å². The SMILES string of the molecule is CN=C(NCCN1CCS(=O)(=O)CC1)NC(C)CCC(C)C. The van der Waals surface area contributed by atoms with E-state index in [1.807, 2.05) is 0 Å². The second-order valence-corrected chi connectivity index (χ2v) is 8.81. The molecule has 0 aromatic carbocycles. The van der Waals surface area contributed by atoms with E-state index in [9.17, 15) is 8.42 Å². The Bertz CT molecular complexity index is 434. The summed E-state index contributed by atoms with van der Waals surface area (Å²) in [4.78, 5) is 6.42. The van der Waals surface area contributed by atoms with Gasteiger partial charge >= 0.3 is 0 Å². The molecule has 1 aliphatic rings. The molecule has 0 spiro atoms. The molecule has 0 aromatic heterocycles. The zero-order valence-corrected chi connectivity index (χ0v) is 15.2. The third-order valence-corrected chi connectivity index (χ3v) is 5.55. The average molecular weight is 333 g/mol. The fraction of sp³-hybridized carbons (Fsp3) is 0.933. The van der Waals surface area contributed by atoms with Crippen LogP contribution in [-0.2, 0) is 9.84 Å². The van der Waals surface area contributed by atoms with Crippen molar-refractivity contribution in [3.8, 4) is 0 Å². The van der Waals surface area contributed by atoms with Crippen LogP contribution in [-0.4, -0.2) is 70.1 Å². The minimum atomic E-state index is -2.79. The lowest BCUT2D eigenvalue weighted by Crippen LogP contribution is -2.47. The zero-order valence-electron chi connectivity index (χ0n) is 14.4. The summed E-state index contributed by atoms with van der Waals surface area (Å²) in [5.74, 6) is 2.11. The standard InChI is InChI=1S/C15H32N4O2S/c1-13(2)5-6-14(3)18-15(16-4)17-7-8-19-9-11-22(20,21)12-10-19/h13-14H,5-12H2,1-4H3,(H2,16,17,18). The molecule has 0 saturated carbocycles. The van der Waals surface area contributed by atoms with E-state index < -0.39 is 9.84 Å². The van der Waals surface area contributed by atoms with Gasteiger partial charge in [0.25, 0.3) is 0 Å². The van der Waals surface area contributed by atoms with Crippen molar-refractivity contribution in [3.63, 3.8) is 0 Å². The van der Waals surface area contributed by atoms with Crippen LogP contribution < -0.4 is 10.6 Å². The highest BCUT2D eigenvalue weighted by molar-refractivity contribution is 7.91. The molecule has 130 valence electrons. The van der Waals surface area contributed by atoms with Crippen LogP contribution in [0.15, 0.2) is 4.99 Å². The van der Waals surface area contributed by atoms with E-state index in [2.05, 4.69) is 41.3 Å². The lowest BCUT2D eigenvalue weighted by Gasteiger charge is -2.27. The summed E-state index contributed by atoms with van der Waals surface area (Å²) in [6.45, 7) is 9.54. The number of nitrogens with one attached hydrogen (secondary N) is 2. The summed E-state index contributed by atoms with van der Waals surface area (Å²) >= 11 is 0. The Morgan fingerprint density at radius 3 is 2.36 bits per heavy atom. The van der Waals surface area contributed by atoms with Crippen LogP contribution in [0.5, 0.6) is 0 Å². The normalized spacial score (nSPS) is 20.9. The Hall–Kier alpha value is -0.820. The number of hydrogen-bond acceptors (Lipinski definition) is 4. The summed E-state index contributed by atoms with van der Waals surface area (Å²) in [5.41, 5.74) is 0. The maximum Gasteiger partial charge on any atom is 0.191 e. The van der Waals surface area contributed by atoms with Gasteiger partial charge in [0.1, 0.15) is 0 Å². The number of aliphatic imine (C=N–C) groups is 1. The van der Waals surface area contributed by atoms with Gasteiger partial charge in [-0.2, -0.15) is 0 Å². The first kappa shape index (κ1) is 19.2. The summed E-state index contributed by atoms with van der Waals surface area (Å²) in [7, 11) is -1.01. The van der Waals surface area contributed by atoms with E-state index in [4.69, 9.17) is 0 Å². The molecule has 0 radical (unpaired) electrons. The Balaban J connectivity index is 2.21. The van der Waals surface area contributed by atoms with E-state index in [0.29, 0.717) is 19.1 Å². The Kier molecular flexibility index (Phi) is 8.17. The predicted octanol–water partition coefficient (Wildman–Crippen LogP) is 0.707. The number of guanidine groups is 1. The van der Waals surface area contributed by atoms with Crippen LogP contribution in [0.25, 0.3) is 0 Å². The van der Waals surface area contributed by atoms with E-state index in [1.165, 1.54) is 6.42 Å². The molecular weight excluding hydrogens is 300 g/mol. The van der Waals surface area contributed by atoms with Gasteiger partial charge in [0.05, 0.1) is 11.5 Å². The summed E-state index contributed by atoms with van der Waals surface area (Å²) in [6.07, 6.45) is 2.33. The van der Waals surface area contributed by atoms with Crippen LogP contribution in [0.2, 0.25) is 0 Å². The van der Waals surface area contributed by atoms with Crippen LogP contribution in [0.1, 0.15) is 33.6 Å². The van der Waals surface area contributed by atoms with Crippen molar-refractivity contribution in [2.24, 2.45) is 10.9 Å². The lowest BCUT2D eigenvalue weighted by molar-refractivity contribution is 0.299. The molecule has 1 rings (SSSR count). The van der Waals surface area contributed by atoms with Gasteiger partial charge in [0, 0.05) is 39.3 Å². The Morgan fingerprint density at radius 2 is 1.82 bits per heavy atom. The second-order valence-electron chi connectivity index (χ2n) is 6.51. The third kappa shape index (κ3) is 7.98. The predicted molar refractivity (Wildman–Crippen MR) is 93.1 cm³/mol. The van der Waals surface area contributed by atoms with Crippen molar-refractivity contribution in [3.05, 3.63) is 0 Å². The molecule has 1 atom stereocenters. The highest BCUT2D eigenvalue weighted by Gasteiger charge is 2.20. The number of sulfone groups is 1. The van der Waals surface area contributed by atoms with Crippen LogP contribution in [0.3, 0.4) is 0 Å². The third-order valence-electron chi connectivity index (χ3n) is 3.94. The fourth-order valence-electron chi connectivity index (χ4n) is 2.39. The van der Waals surface area contributed by atoms with Gasteiger partial charge in [-0.3, -0.25) is 9.89 Å². The first-order valence-electron chi connectivity index (χ1n) is 8.22. The lowest BCUT2D eigenvalue weighted by atomic mass is 10.0. The first-order chi connectivity index (χ1) is 10.3. The molecule has 1 fully saturated rings. The van der Waals surface area contributed by atoms with Gasteiger partial charge in [-0.05, 0) is 25.7 Å². The van der Waals surface area contributed by atoms with Crippen LogP contribution in [0, 0.1) is 5.92 Å². The van der Waals surface area contributed by atoms with Gasteiger partial charge in [0.2, 0.25) is 0 Å². The second kappa shape index (κ2) is 9.35. The maximum atomic E-state index is 11.4. The number of hydrogen-bond donors (Lipinski definition) is 2. The summed E-state index contributed by atoms with van der Waals surface area (Å²) in [5, 5.41) is 6.70. The molecule has 0 aromatic rings. The summed E-state index contributed by atoms with van der Waals surface area (Å²) in [6, 6.07) is 0.397. The fourth-order valence-corrected chi connectivity index (χ4v) is 3.67. The molecular formula is C15H32N4O2S. The Morgan fingerprint density at radius 1 is 1.18 bits per heavy atom. The molecule has 7 heteroatoms. The molecule has 6 nitrogen and oxygen atoms in total. The maximum absolute atomic E-state index is 11.4. The molecule has 1 aliphatic heterocycles. The monoisotopic (exact) mass is 332 g/mol. The molecule has 0 aliphatic carbocycles. The molecule has 0 amide bonds. The van der Waals surface area contributed by atoms with Crippen molar-refractivity contribution in [2.75, 3.05) is 44.7 Å². The van der Waals surface area contributed by atoms with Crippen LogP contribution in [0.4, 0.5) is 0 Å². The van der Waals surface area contributed by atoms with Crippen molar-refractivity contribution >= 4 is 15.8 Å². The molecule has 1 unspecified atom stereocenters. The largest absolute Gasteiger partial charge is 0.355 e. The molecule has 22 heavy (non-hydrogen) atoms. The van der Waals surface area contributed by atoms with Crippen molar-refractivity contribution < 1.29 is 8.42 Å². The summed E-state index contributed by atoms with van der Waals surface area (Å²) < 4.78 is 22.8. The van der Waals surface area contributed by atoms with Gasteiger partial charge in [-0.25, -0.2) is 8.42 Å². The highest BCUT2D eigenvalue weighted by Crippen LogP contribution is 2.06. The smallest absolute Gasteiger partial charge is 0.191 e. The molecule has 1 saturated heterocycles. The van der Waals surface area contributed by atoms with Gasteiger partial charge in [0.15, 0.2) is 15.8 Å².